The largest absolute Gasteiger partial charge is 0.339 e. The highest BCUT2D eigenvalue weighted by atomic mass is 16.5. The number of hydrogen-bond acceptors (Lipinski definition) is 4. The predicted molar refractivity (Wildman–Crippen MR) is 45.6 cm³/mol. The van der Waals surface area contributed by atoms with Gasteiger partial charge in [-0.3, -0.25) is 0 Å². The standard InChI is InChI=1S/C8H15N3O/c1-4-5(2)8-10-7(6(3)9)11-12-8/h5-6H,4,9H2,1-3H3. The van der Waals surface area contributed by atoms with Gasteiger partial charge in [-0.1, -0.05) is 19.0 Å². The van der Waals surface area contributed by atoms with Gasteiger partial charge in [0.05, 0.1) is 6.04 Å². The topological polar surface area (TPSA) is 64.9 Å². The number of nitrogens with zero attached hydrogens (tertiary/aromatic N) is 2. The van der Waals surface area contributed by atoms with E-state index in [-0.39, 0.29) is 6.04 Å². The third-order valence-corrected chi connectivity index (χ3v) is 1.90. The third kappa shape index (κ3) is 1.82. The minimum atomic E-state index is -0.147. The van der Waals surface area contributed by atoms with E-state index >= 15 is 0 Å². The van der Waals surface area contributed by atoms with Crippen LogP contribution >= 0.6 is 0 Å². The van der Waals surface area contributed by atoms with Crippen molar-refractivity contribution in [3.05, 3.63) is 11.7 Å². The van der Waals surface area contributed by atoms with Crippen LogP contribution in [0.25, 0.3) is 0 Å². The van der Waals surface area contributed by atoms with Crippen molar-refractivity contribution < 1.29 is 4.52 Å². The maximum absolute atomic E-state index is 5.58. The highest BCUT2D eigenvalue weighted by molar-refractivity contribution is 4.94. The summed E-state index contributed by atoms with van der Waals surface area (Å²) in [7, 11) is 0. The monoisotopic (exact) mass is 169 g/mol. The maximum Gasteiger partial charge on any atom is 0.229 e. The van der Waals surface area contributed by atoms with Crippen LogP contribution in [0.2, 0.25) is 0 Å². The highest BCUT2D eigenvalue weighted by Crippen LogP contribution is 2.17. The van der Waals surface area contributed by atoms with Gasteiger partial charge < -0.3 is 10.3 Å². The summed E-state index contributed by atoms with van der Waals surface area (Å²) >= 11 is 0. The Bertz CT molecular complexity index is 244. The zero-order chi connectivity index (χ0) is 9.14. The van der Waals surface area contributed by atoms with E-state index in [1.807, 2.05) is 6.92 Å². The van der Waals surface area contributed by atoms with E-state index in [0.717, 1.165) is 6.42 Å². The minimum Gasteiger partial charge on any atom is -0.339 e. The third-order valence-electron chi connectivity index (χ3n) is 1.90. The van der Waals surface area contributed by atoms with Gasteiger partial charge in [-0.15, -0.1) is 0 Å². The predicted octanol–water partition coefficient (Wildman–Crippen LogP) is 1.60. The molecule has 0 saturated heterocycles. The zero-order valence-electron chi connectivity index (χ0n) is 7.74. The molecule has 0 saturated carbocycles. The fraction of sp³-hybridized carbons (Fsp3) is 0.750. The van der Waals surface area contributed by atoms with Crippen LogP contribution in [-0.4, -0.2) is 10.1 Å². The Hall–Kier alpha value is -0.900. The van der Waals surface area contributed by atoms with Gasteiger partial charge >= 0.3 is 0 Å². The summed E-state index contributed by atoms with van der Waals surface area (Å²) in [6, 6.07) is -0.147. The lowest BCUT2D eigenvalue weighted by molar-refractivity contribution is 0.351. The Morgan fingerprint density at radius 1 is 1.50 bits per heavy atom. The van der Waals surface area contributed by atoms with E-state index in [2.05, 4.69) is 24.0 Å². The van der Waals surface area contributed by atoms with Crippen molar-refractivity contribution in [1.82, 2.24) is 10.1 Å². The first-order valence-electron chi connectivity index (χ1n) is 4.24. The molecule has 0 amide bonds. The second-order valence-corrected chi connectivity index (χ2v) is 3.09. The molecule has 0 bridgehead atoms. The molecule has 0 aromatic carbocycles. The number of nitrogens with two attached hydrogens (primary N) is 1. The molecule has 1 aromatic heterocycles. The van der Waals surface area contributed by atoms with Gasteiger partial charge in [0.1, 0.15) is 0 Å². The molecular weight excluding hydrogens is 154 g/mol. The van der Waals surface area contributed by atoms with Crippen molar-refractivity contribution in [3.63, 3.8) is 0 Å². The first-order chi connectivity index (χ1) is 5.65. The molecule has 4 heteroatoms. The van der Waals surface area contributed by atoms with Gasteiger partial charge in [0.2, 0.25) is 5.89 Å². The summed E-state index contributed by atoms with van der Waals surface area (Å²) in [5.74, 6) is 1.60. The number of aromatic nitrogens is 2. The summed E-state index contributed by atoms with van der Waals surface area (Å²) in [4.78, 5) is 4.18. The van der Waals surface area contributed by atoms with E-state index in [1.165, 1.54) is 0 Å². The van der Waals surface area contributed by atoms with Crippen molar-refractivity contribution in [2.75, 3.05) is 0 Å². The van der Waals surface area contributed by atoms with Crippen molar-refractivity contribution in [1.29, 1.82) is 0 Å². The Labute approximate surface area is 72.1 Å². The van der Waals surface area contributed by atoms with Gasteiger partial charge in [-0.25, -0.2) is 0 Å². The molecule has 0 aliphatic heterocycles. The molecule has 1 heterocycles. The Morgan fingerprint density at radius 3 is 2.58 bits per heavy atom. The van der Waals surface area contributed by atoms with Crippen LogP contribution in [0.4, 0.5) is 0 Å². The molecule has 0 radical (unpaired) electrons. The SMILES string of the molecule is CCC(C)c1nc(C(C)N)no1. The van der Waals surface area contributed by atoms with Crippen LogP contribution in [0, 0.1) is 0 Å². The second-order valence-electron chi connectivity index (χ2n) is 3.09. The molecule has 2 unspecified atom stereocenters. The lowest BCUT2D eigenvalue weighted by Crippen LogP contribution is -2.07. The summed E-state index contributed by atoms with van der Waals surface area (Å²) in [6.07, 6.45) is 1.00. The van der Waals surface area contributed by atoms with Crippen molar-refractivity contribution >= 4 is 0 Å². The average Bonchev–Trinajstić information content (AvgIpc) is 2.51. The van der Waals surface area contributed by atoms with E-state index in [9.17, 15) is 0 Å². The number of rotatable bonds is 3. The normalized spacial score (nSPS) is 16.0. The Kier molecular flexibility index (Phi) is 2.81. The fourth-order valence-electron chi connectivity index (χ4n) is 0.807. The Morgan fingerprint density at radius 2 is 2.17 bits per heavy atom. The van der Waals surface area contributed by atoms with Crippen molar-refractivity contribution in [2.45, 2.75) is 39.2 Å². The molecule has 0 fully saturated rings. The van der Waals surface area contributed by atoms with Gasteiger partial charge in [0, 0.05) is 5.92 Å². The van der Waals surface area contributed by atoms with Gasteiger partial charge in [-0.2, -0.15) is 4.98 Å². The molecule has 4 nitrogen and oxygen atoms in total. The molecule has 2 atom stereocenters. The van der Waals surface area contributed by atoms with Crippen LogP contribution in [0.15, 0.2) is 4.52 Å². The quantitative estimate of drug-likeness (QED) is 0.746. The van der Waals surface area contributed by atoms with Crippen LogP contribution in [0.3, 0.4) is 0 Å². The maximum atomic E-state index is 5.58. The highest BCUT2D eigenvalue weighted by Gasteiger charge is 2.13. The van der Waals surface area contributed by atoms with E-state index < -0.39 is 0 Å². The van der Waals surface area contributed by atoms with Crippen molar-refractivity contribution in [3.8, 4) is 0 Å². The number of hydrogen-bond donors (Lipinski definition) is 1. The summed E-state index contributed by atoms with van der Waals surface area (Å²) in [5, 5.41) is 3.77. The first-order valence-corrected chi connectivity index (χ1v) is 4.24. The molecule has 0 aliphatic rings. The van der Waals surface area contributed by atoms with Gasteiger partial charge in [-0.05, 0) is 13.3 Å². The lowest BCUT2D eigenvalue weighted by Gasteiger charge is -1.98. The lowest BCUT2D eigenvalue weighted by atomic mass is 10.1. The second kappa shape index (κ2) is 3.67. The van der Waals surface area contributed by atoms with Crippen molar-refractivity contribution in [2.24, 2.45) is 5.73 Å². The smallest absolute Gasteiger partial charge is 0.229 e. The van der Waals surface area contributed by atoms with E-state index in [1.54, 1.807) is 0 Å². The summed E-state index contributed by atoms with van der Waals surface area (Å²) in [6.45, 7) is 5.98. The molecular formula is C8H15N3O. The first kappa shape index (κ1) is 9.19. The van der Waals surface area contributed by atoms with Crippen LogP contribution in [-0.2, 0) is 0 Å². The molecule has 0 spiro atoms. The fourth-order valence-corrected chi connectivity index (χ4v) is 0.807. The molecule has 1 rings (SSSR count). The zero-order valence-corrected chi connectivity index (χ0v) is 7.74. The van der Waals surface area contributed by atoms with Crippen LogP contribution in [0.5, 0.6) is 0 Å². The molecule has 68 valence electrons. The van der Waals surface area contributed by atoms with Crippen LogP contribution < -0.4 is 5.73 Å². The Balaban J connectivity index is 2.77. The molecule has 1 aromatic rings. The minimum absolute atomic E-state index is 0.147. The molecule has 12 heavy (non-hydrogen) atoms. The van der Waals surface area contributed by atoms with Gasteiger partial charge in [0.15, 0.2) is 5.82 Å². The molecule has 0 aliphatic carbocycles. The van der Waals surface area contributed by atoms with Gasteiger partial charge in [0.25, 0.3) is 0 Å². The average molecular weight is 169 g/mol. The van der Waals surface area contributed by atoms with Crippen LogP contribution in [0.1, 0.15) is 50.9 Å². The van der Waals surface area contributed by atoms with E-state index in [0.29, 0.717) is 17.6 Å². The summed E-state index contributed by atoms with van der Waals surface area (Å²) in [5.41, 5.74) is 5.58. The van der Waals surface area contributed by atoms with E-state index in [4.69, 9.17) is 10.3 Å². The molecule has 2 N–H and O–H groups in total. The summed E-state index contributed by atoms with van der Waals surface area (Å²) < 4.78 is 5.04.